The summed E-state index contributed by atoms with van der Waals surface area (Å²) in [6.45, 7) is 3.25. The summed E-state index contributed by atoms with van der Waals surface area (Å²) in [4.78, 5) is 27.5. The van der Waals surface area contributed by atoms with E-state index in [2.05, 4.69) is 5.32 Å². The highest BCUT2D eigenvalue weighted by Gasteiger charge is 2.33. The predicted octanol–water partition coefficient (Wildman–Crippen LogP) is 3.62. The number of para-hydroxylation sites is 1. The number of sulfonamides is 1. The molecule has 190 valence electrons. The molecule has 1 N–H and O–H groups in total. The molecule has 0 aliphatic heterocycles. The summed E-state index contributed by atoms with van der Waals surface area (Å²) >= 11 is 0. The minimum absolute atomic E-state index is 0.0753. The Bertz CT molecular complexity index is 1270. The highest BCUT2D eigenvalue weighted by molar-refractivity contribution is 7.92. The molecule has 0 aliphatic carbocycles. The minimum atomic E-state index is -4.28. The van der Waals surface area contributed by atoms with Gasteiger partial charge in [-0.1, -0.05) is 60.7 Å². The Morgan fingerprint density at radius 3 is 2.11 bits per heavy atom. The van der Waals surface area contributed by atoms with Crippen LogP contribution in [-0.4, -0.2) is 50.8 Å². The number of hydrogen-bond acceptors (Lipinski definition) is 4. The molecule has 1 atom stereocenters. The lowest BCUT2D eigenvalue weighted by Crippen LogP contribution is -2.52. The molecule has 0 spiro atoms. The van der Waals surface area contributed by atoms with Crippen LogP contribution in [0, 0.1) is 5.82 Å². The van der Waals surface area contributed by atoms with Crippen LogP contribution >= 0.6 is 0 Å². The molecule has 3 rings (SSSR count). The first-order valence-electron chi connectivity index (χ1n) is 11.7. The topological polar surface area (TPSA) is 86.8 Å². The summed E-state index contributed by atoms with van der Waals surface area (Å²) in [6, 6.07) is 21.5. The molecule has 0 radical (unpaired) electrons. The van der Waals surface area contributed by atoms with E-state index in [-0.39, 0.29) is 23.0 Å². The number of nitrogens with one attached hydrogen (secondary N) is 1. The summed E-state index contributed by atoms with van der Waals surface area (Å²) in [7, 11) is -4.28. The zero-order valence-corrected chi connectivity index (χ0v) is 21.1. The van der Waals surface area contributed by atoms with E-state index >= 15 is 0 Å². The number of likely N-dealkylation sites (N-methyl/N-ethyl adjacent to an activating group) is 1. The van der Waals surface area contributed by atoms with Gasteiger partial charge in [0.2, 0.25) is 11.8 Å². The molecule has 0 heterocycles. The summed E-state index contributed by atoms with van der Waals surface area (Å²) in [6.07, 6.45) is 0.460. The third kappa shape index (κ3) is 6.48. The van der Waals surface area contributed by atoms with Gasteiger partial charge >= 0.3 is 0 Å². The lowest BCUT2D eigenvalue weighted by Gasteiger charge is -2.32. The summed E-state index contributed by atoms with van der Waals surface area (Å²) in [5, 5.41) is 2.70. The summed E-state index contributed by atoms with van der Waals surface area (Å²) in [5.41, 5.74) is 0.713. The monoisotopic (exact) mass is 511 g/mol. The van der Waals surface area contributed by atoms with Gasteiger partial charge in [-0.15, -0.1) is 0 Å². The van der Waals surface area contributed by atoms with E-state index in [1.807, 2.05) is 30.3 Å². The molecule has 0 saturated heterocycles. The van der Waals surface area contributed by atoms with Crippen molar-refractivity contribution in [2.45, 2.75) is 31.2 Å². The lowest BCUT2D eigenvalue weighted by atomic mass is 10.1. The maximum Gasteiger partial charge on any atom is 0.264 e. The molecule has 0 bridgehead atoms. The van der Waals surface area contributed by atoms with Crippen LogP contribution in [0.25, 0.3) is 0 Å². The van der Waals surface area contributed by atoms with Gasteiger partial charge in [-0.2, -0.15) is 0 Å². The summed E-state index contributed by atoms with van der Waals surface area (Å²) in [5.74, 6) is -1.76. The second-order valence-electron chi connectivity index (χ2n) is 8.17. The molecule has 0 aliphatic rings. The summed E-state index contributed by atoms with van der Waals surface area (Å²) < 4.78 is 42.6. The van der Waals surface area contributed by atoms with E-state index in [1.54, 1.807) is 32.0 Å². The lowest BCUT2D eigenvalue weighted by molar-refractivity contribution is -0.138. The number of carbonyl (C=O) groups is 2. The molecular weight excluding hydrogens is 481 g/mol. The standard InChI is InChI=1S/C27H30FN3O4S/c1-3-29-27(33)21(2)30(19-18-22-12-6-4-7-13-22)26(32)20-31(25-17-11-10-16-24(25)28)36(34,35)23-14-8-5-9-15-23/h4-17,21H,3,18-20H2,1-2H3,(H,29,33). The minimum Gasteiger partial charge on any atom is -0.355 e. The number of nitrogens with zero attached hydrogens (tertiary/aromatic N) is 2. The Morgan fingerprint density at radius 2 is 1.50 bits per heavy atom. The third-order valence-electron chi connectivity index (χ3n) is 5.73. The van der Waals surface area contributed by atoms with E-state index in [9.17, 15) is 22.4 Å². The first-order chi connectivity index (χ1) is 17.3. The molecule has 7 nitrogen and oxygen atoms in total. The fourth-order valence-electron chi connectivity index (χ4n) is 3.78. The van der Waals surface area contributed by atoms with Gasteiger partial charge in [-0.25, -0.2) is 12.8 Å². The van der Waals surface area contributed by atoms with Gasteiger partial charge in [-0.05, 0) is 50.1 Å². The second kappa shape index (κ2) is 12.3. The second-order valence-corrected chi connectivity index (χ2v) is 10.0. The molecule has 36 heavy (non-hydrogen) atoms. The Morgan fingerprint density at radius 1 is 0.917 bits per heavy atom. The smallest absolute Gasteiger partial charge is 0.264 e. The van der Waals surface area contributed by atoms with Gasteiger partial charge in [0, 0.05) is 13.1 Å². The van der Waals surface area contributed by atoms with Crippen molar-refractivity contribution in [2.75, 3.05) is 23.9 Å². The number of carbonyl (C=O) groups excluding carboxylic acids is 2. The van der Waals surface area contributed by atoms with Crippen molar-refractivity contribution in [3.05, 3.63) is 96.3 Å². The van der Waals surface area contributed by atoms with Crippen LogP contribution in [0.2, 0.25) is 0 Å². The first-order valence-corrected chi connectivity index (χ1v) is 13.1. The van der Waals surface area contributed by atoms with Gasteiger partial charge in [-0.3, -0.25) is 13.9 Å². The predicted molar refractivity (Wildman–Crippen MR) is 137 cm³/mol. The fraction of sp³-hybridized carbons (Fsp3) is 0.259. The Kier molecular flexibility index (Phi) is 9.19. The molecule has 9 heteroatoms. The van der Waals surface area contributed by atoms with E-state index in [4.69, 9.17) is 0 Å². The van der Waals surface area contributed by atoms with E-state index < -0.39 is 34.3 Å². The third-order valence-corrected chi connectivity index (χ3v) is 7.51. The van der Waals surface area contributed by atoms with Gasteiger partial charge in [0.25, 0.3) is 10.0 Å². The first kappa shape index (κ1) is 26.9. The van der Waals surface area contributed by atoms with Crippen molar-refractivity contribution in [3.8, 4) is 0 Å². The van der Waals surface area contributed by atoms with Gasteiger partial charge in [0.1, 0.15) is 18.4 Å². The van der Waals surface area contributed by atoms with Crippen LogP contribution in [0.4, 0.5) is 10.1 Å². The van der Waals surface area contributed by atoms with Crippen molar-refractivity contribution < 1.29 is 22.4 Å². The highest BCUT2D eigenvalue weighted by atomic mass is 32.2. The number of halogens is 1. The van der Waals surface area contributed by atoms with Gasteiger partial charge in [0.15, 0.2) is 0 Å². The maximum absolute atomic E-state index is 14.8. The van der Waals surface area contributed by atoms with Crippen LogP contribution in [-0.2, 0) is 26.0 Å². The fourth-order valence-corrected chi connectivity index (χ4v) is 5.22. The van der Waals surface area contributed by atoms with E-state index in [1.165, 1.54) is 35.2 Å². The van der Waals surface area contributed by atoms with Crippen molar-refractivity contribution in [2.24, 2.45) is 0 Å². The zero-order valence-electron chi connectivity index (χ0n) is 20.3. The van der Waals surface area contributed by atoms with E-state index in [0.29, 0.717) is 13.0 Å². The molecular formula is C27H30FN3O4S. The highest BCUT2D eigenvalue weighted by Crippen LogP contribution is 2.26. The Balaban J connectivity index is 1.97. The van der Waals surface area contributed by atoms with Crippen LogP contribution in [0.15, 0.2) is 89.8 Å². The maximum atomic E-state index is 14.8. The molecule has 0 fully saturated rings. The molecule has 3 aromatic carbocycles. The van der Waals surface area contributed by atoms with Crippen LogP contribution in [0.3, 0.4) is 0 Å². The number of hydrogen-bond donors (Lipinski definition) is 1. The molecule has 2 amide bonds. The number of rotatable bonds is 11. The zero-order chi connectivity index (χ0) is 26.1. The number of anilines is 1. The normalized spacial score (nSPS) is 12.0. The quantitative estimate of drug-likeness (QED) is 0.426. The molecule has 0 aromatic heterocycles. The van der Waals surface area contributed by atoms with Crippen molar-refractivity contribution >= 4 is 27.5 Å². The molecule has 1 unspecified atom stereocenters. The van der Waals surface area contributed by atoms with Gasteiger partial charge in [0.05, 0.1) is 10.6 Å². The largest absolute Gasteiger partial charge is 0.355 e. The van der Waals surface area contributed by atoms with Crippen molar-refractivity contribution in [1.82, 2.24) is 10.2 Å². The van der Waals surface area contributed by atoms with Crippen LogP contribution < -0.4 is 9.62 Å². The van der Waals surface area contributed by atoms with Gasteiger partial charge < -0.3 is 10.2 Å². The Labute approximate surface area is 211 Å². The van der Waals surface area contributed by atoms with Crippen molar-refractivity contribution in [3.63, 3.8) is 0 Å². The van der Waals surface area contributed by atoms with Crippen LogP contribution in [0.1, 0.15) is 19.4 Å². The molecule has 3 aromatic rings. The Hall–Kier alpha value is -3.72. The number of benzene rings is 3. The molecule has 0 saturated carbocycles. The average molecular weight is 512 g/mol. The van der Waals surface area contributed by atoms with Crippen molar-refractivity contribution in [1.29, 1.82) is 0 Å². The van der Waals surface area contributed by atoms with Crippen LogP contribution in [0.5, 0.6) is 0 Å². The average Bonchev–Trinajstić information content (AvgIpc) is 2.89. The number of amides is 2. The van der Waals surface area contributed by atoms with E-state index in [0.717, 1.165) is 15.9 Å². The SMILES string of the molecule is CCNC(=O)C(C)N(CCc1ccccc1)C(=O)CN(c1ccccc1F)S(=O)(=O)c1ccccc1.